The molecule has 0 fully saturated rings. The van der Waals surface area contributed by atoms with Crippen LogP contribution in [-0.4, -0.2) is 18.6 Å². The van der Waals surface area contributed by atoms with E-state index in [0.717, 1.165) is 13.1 Å². The molecule has 2 heteroatoms. The minimum Gasteiger partial charge on any atom is -0.313 e. The summed E-state index contributed by atoms with van der Waals surface area (Å²) in [5.41, 5.74) is 3.05. The molecule has 0 aliphatic rings. The van der Waals surface area contributed by atoms with E-state index in [1.54, 1.807) is 0 Å². The van der Waals surface area contributed by atoms with E-state index < -0.39 is 0 Å². The number of unbranched alkanes of at least 4 members (excludes halogenated alkanes) is 2. The molecular formula is C17H29NS. The second-order valence-electron chi connectivity index (χ2n) is 6.18. The Balaban J connectivity index is 2.20. The number of hydrogen-bond acceptors (Lipinski definition) is 2. The number of benzene rings is 1. The summed E-state index contributed by atoms with van der Waals surface area (Å²) in [6.07, 6.45) is 6.17. The number of thioether (sulfide) groups is 1. The molecule has 0 amide bonds. The molecule has 1 N–H and O–H groups in total. The van der Waals surface area contributed by atoms with Crippen molar-refractivity contribution in [2.45, 2.75) is 52.0 Å². The maximum Gasteiger partial charge on any atom is 0.0205 e. The smallest absolute Gasteiger partial charge is 0.0205 e. The Morgan fingerprint density at radius 2 is 1.68 bits per heavy atom. The zero-order chi connectivity index (χ0) is 14.1. The van der Waals surface area contributed by atoms with Gasteiger partial charge in [-0.25, -0.2) is 0 Å². The van der Waals surface area contributed by atoms with E-state index in [0.29, 0.717) is 0 Å². The van der Waals surface area contributed by atoms with Crippen molar-refractivity contribution in [2.24, 2.45) is 0 Å². The van der Waals surface area contributed by atoms with Crippen LogP contribution in [0.3, 0.4) is 0 Å². The van der Waals surface area contributed by atoms with E-state index >= 15 is 0 Å². The largest absolute Gasteiger partial charge is 0.313 e. The fourth-order valence-corrected chi connectivity index (χ4v) is 2.52. The topological polar surface area (TPSA) is 12.0 Å². The lowest BCUT2D eigenvalue weighted by atomic mass is 9.87. The van der Waals surface area contributed by atoms with E-state index in [2.05, 4.69) is 56.6 Å². The molecule has 1 rings (SSSR count). The minimum atomic E-state index is 0.253. The molecule has 0 heterocycles. The quantitative estimate of drug-likeness (QED) is 0.698. The summed E-state index contributed by atoms with van der Waals surface area (Å²) < 4.78 is 0. The minimum absolute atomic E-state index is 0.253. The molecule has 1 aromatic rings. The summed E-state index contributed by atoms with van der Waals surface area (Å²) in [5.74, 6) is 1.30. The lowest BCUT2D eigenvalue weighted by molar-refractivity contribution is 0.588. The molecule has 0 unspecified atom stereocenters. The van der Waals surface area contributed by atoms with E-state index in [1.165, 1.54) is 36.1 Å². The van der Waals surface area contributed by atoms with Crippen LogP contribution >= 0.6 is 11.8 Å². The summed E-state index contributed by atoms with van der Waals surface area (Å²) in [4.78, 5) is 0. The molecule has 19 heavy (non-hydrogen) atoms. The third kappa shape index (κ3) is 7.03. The van der Waals surface area contributed by atoms with Crippen LogP contribution in [0, 0.1) is 0 Å². The normalized spacial score (nSPS) is 11.8. The first-order chi connectivity index (χ1) is 9.04. The van der Waals surface area contributed by atoms with Gasteiger partial charge in [-0.05, 0) is 47.9 Å². The van der Waals surface area contributed by atoms with Gasteiger partial charge < -0.3 is 5.32 Å². The van der Waals surface area contributed by atoms with Gasteiger partial charge in [-0.3, -0.25) is 0 Å². The molecule has 0 radical (unpaired) electrons. The first kappa shape index (κ1) is 16.6. The Labute approximate surface area is 123 Å². The fraction of sp³-hybridized carbons (Fsp3) is 0.647. The highest BCUT2D eigenvalue weighted by Gasteiger charge is 2.12. The molecule has 0 atom stereocenters. The lowest BCUT2D eigenvalue weighted by Crippen LogP contribution is -2.15. The standard InChI is InChI=1S/C17H29NS/c1-17(2,3)16-10-8-15(9-11-16)14-18-12-6-5-7-13-19-4/h8-11,18H,5-7,12-14H2,1-4H3. The molecule has 0 aliphatic carbocycles. The maximum absolute atomic E-state index is 3.53. The Morgan fingerprint density at radius 3 is 2.26 bits per heavy atom. The van der Waals surface area contributed by atoms with Crippen molar-refractivity contribution >= 4 is 11.8 Å². The molecule has 0 saturated carbocycles. The van der Waals surface area contributed by atoms with E-state index in [4.69, 9.17) is 0 Å². The molecule has 108 valence electrons. The van der Waals surface area contributed by atoms with Gasteiger partial charge in [0, 0.05) is 6.54 Å². The van der Waals surface area contributed by atoms with Crippen molar-refractivity contribution in [1.29, 1.82) is 0 Å². The summed E-state index contributed by atoms with van der Waals surface area (Å²) >= 11 is 1.95. The van der Waals surface area contributed by atoms with Crippen LogP contribution < -0.4 is 5.32 Å². The van der Waals surface area contributed by atoms with Crippen molar-refractivity contribution < 1.29 is 0 Å². The van der Waals surface area contributed by atoms with Gasteiger partial charge in [0.25, 0.3) is 0 Å². The van der Waals surface area contributed by atoms with Crippen LogP contribution in [0.15, 0.2) is 24.3 Å². The second kappa shape index (κ2) is 8.65. The Bertz CT molecular complexity index is 337. The Hall–Kier alpha value is -0.470. The van der Waals surface area contributed by atoms with Gasteiger partial charge in [0.15, 0.2) is 0 Å². The van der Waals surface area contributed by atoms with E-state index in [9.17, 15) is 0 Å². The third-order valence-electron chi connectivity index (χ3n) is 3.35. The second-order valence-corrected chi connectivity index (χ2v) is 7.16. The average Bonchev–Trinajstić information content (AvgIpc) is 2.37. The molecule has 0 bridgehead atoms. The first-order valence-electron chi connectivity index (χ1n) is 7.33. The van der Waals surface area contributed by atoms with Gasteiger partial charge >= 0.3 is 0 Å². The van der Waals surface area contributed by atoms with Crippen LogP contribution in [0.2, 0.25) is 0 Å². The van der Waals surface area contributed by atoms with Crippen molar-refractivity contribution in [3.05, 3.63) is 35.4 Å². The molecule has 1 nitrogen and oxygen atoms in total. The summed E-state index contributed by atoms with van der Waals surface area (Å²) in [7, 11) is 0. The molecular weight excluding hydrogens is 250 g/mol. The zero-order valence-electron chi connectivity index (χ0n) is 13.0. The van der Waals surface area contributed by atoms with Gasteiger partial charge in [-0.1, -0.05) is 51.5 Å². The van der Waals surface area contributed by atoms with Crippen LogP contribution in [0.4, 0.5) is 0 Å². The van der Waals surface area contributed by atoms with Gasteiger partial charge in [-0.15, -0.1) is 0 Å². The van der Waals surface area contributed by atoms with Crippen LogP contribution in [0.1, 0.15) is 51.2 Å². The van der Waals surface area contributed by atoms with Gasteiger partial charge in [0.1, 0.15) is 0 Å². The number of hydrogen-bond donors (Lipinski definition) is 1. The van der Waals surface area contributed by atoms with Gasteiger partial charge in [0.05, 0.1) is 0 Å². The van der Waals surface area contributed by atoms with Crippen molar-refractivity contribution in [1.82, 2.24) is 5.32 Å². The van der Waals surface area contributed by atoms with Crippen molar-refractivity contribution in [3.8, 4) is 0 Å². The maximum atomic E-state index is 3.53. The summed E-state index contributed by atoms with van der Waals surface area (Å²) in [6, 6.07) is 9.02. The van der Waals surface area contributed by atoms with E-state index in [1.807, 2.05) is 11.8 Å². The van der Waals surface area contributed by atoms with Crippen LogP contribution in [0.25, 0.3) is 0 Å². The highest BCUT2D eigenvalue weighted by atomic mass is 32.2. The predicted octanol–water partition coefficient (Wildman–Crippen LogP) is 4.61. The fourth-order valence-electron chi connectivity index (χ4n) is 2.03. The predicted molar refractivity (Wildman–Crippen MR) is 89.1 cm³/mol. The highest BCUT2D eigenvalue weighted by molar-refractivity contribution is 7.98. The Morgan fingerprint density at radius 1 is 1.00 bits per heavy atom. The third-order valence-corrected chi connectivity index (χ3v) is 4.05. The van der Waals surface area contributed by atoms with E-state index in [-0.39, 0.29) is 5.41 Å². The SMILES string of the molecule is CSCCCCCNCc1ccc(C(C)(C)C)cc1. The average molecular weight is 279 g/mol. The first-order valence-corrected chi connectivity index (χ1v) is 8.72. The van der Waals surface area contributed by atoms with Crippen LogP contribution in [-0.2, 0) is 12.0 Å². The number of rotatable bonds is 8. The summed E-state index contributed by atoms with van der Waals surface area (Å²) in [5, 5.41) is 3.53. The zero-order valence-corrected chi connectivity index (χ0v) is 13.8. The summed E-state index contributed by atoms with van der Waals surface area (Å²) in [6.45, 7) is 8.90. The molecule has 0 saturated heterocycles. The van der Waals surface area contributed by atoms with Crippen molar-refractivity contribution in [2.75, 3.05) is 18.6 Å². The lowest BCUT2D eigenvalue weighted by Gasteiger charge is -2.19. The van der Waals surface area contributed by atoms with Crippen molar-refractivity contribution in [3.63, 3.8) is 0 Å². The molecule has 0 spiro atoms. The highest BCUT2D eigenvalue weighted by Crippen LogP contribution is 2.22. The van der Waals surface area contributed by atoms with Crippen LogP contribution in [0.5, 0.6) is 0 Å². The molecule has 0 aromatic heterocycles. The van der Waals surface area contributed by atoms with Gasteiger partial charge in [0.2, 0.25) is 0 Å². The monoisotopic (exact) mass is 279 g/mol. The molecule has 0 aliphatic heterocycles. The Kier molecular flexibility index (Phi) is 7.55. The van der Waals surface area contributed by atoms with Gasteiger partial charge in [-0.2, -0.15) is 11.8 Å². The number of nitrogens with one attached hydrogen (secondary N) is 1. The molecule has 1 aromatic carbocycles.